The number of rotatable bonds is 10. The summed E-state index contributed by atoms with van der Waals surface area (Å²) in [5.41, 5.74) is 3.43. The lowest BCUT2D eigenvalue weighted by atomic mass is 10.1. The lowest BCUT2D eigenvalue weighted by molar-refractivity contribution is 0.284. The van der Waals surface area contributed by atoms with Crippen LogP contribution in [0.15, 0.2) is 66.7 Å². The second kappa shape index (κ2) is 11.3. The maximum atomic E-state index is 6.51. The van der Waals surface area contributed by atoms with Crippen LogP contribution in [0.5, 0.6) is 11.5 Å². The highest BCUT2D eigenvalue weighted by atomic mass is 35.5. The van der Waals surface area contributed by atoms with Gasteiger partial charge in [-0.25, -0.2) is 0 Å². The first-order valence-corrected chi connectivity index (χ1v) is 10.8. The zero-order valence-corrected chi connectivity index (χ0v) is 18.8. The fraction of sp³-hybridized carbons (Fsp3) is 0.280. The minimum absolute atomic E-state index is 0.385. The van der Waals surface area contributed by atoms with Gasteiger partial charge in [-0.3, -0.25) is 0 Å². The third-order valence-corrected chi connectivity index (χ3v) is 5.48. The van der Waals surface area contributed by atoms with Crippen molar-refractivity contribution in [3.05, 3.63) is 93.5 Å². The summed E-state index contributed by atoms with van der Waals surface area (Å²) in [5.74, 6) is 1.18. The average Bonchev–Trinajstić information content (AvgIpc) is 2.77. The molecule has 3 aromatic rings. The zero-order chi connectivity index (χ0) is 21.3. The molecule has 0 fully saturated rings. The first-order chi connectivity index (χ1) is 14.5. The van der Waals surface area contributed by atoms with Crippen LogP contribution in [-0.4, -0.2) is 13.2 Å². The van der Waals surface area contributed by atoms with E-state index < -0.39 is 0 Å². The summed E-state index contributed by atoms with van der Waals surface area (Å²) in [5, 5.41) is 4.80. The minimum Gasteiger partial charge on any atom is -0.493 e. The van der Waals surface area contributed by atoms with Crippen molar-refractivity contribution in [3.8, 4) is 11.5 Å². The summed E-state index contributed by atoms with van der Waals surface area (Å²) in [6, 6.07) is 22.4. The van der Waals surface area contributed by atoms with Crippen molar-refractivity contribution in [2.75, 3.05) is 7.11 Å². The molecule has 3 rings (SSSR count). The van der Waals surface area contributed by atoms with Crippen molar-refractivity contribution in [2.45, 2.75) is 39.0 Å². The van der Waals surface area contributed by atoms with Gasteiger partial charge in [-0.1, -0.05) is 65.7 Å². The van der Waals surface area contributed by atoms with Crippen molar-refractivity contribution in [1.29, 1.82) is 0 Å². The van der Waals surface area contributed by atoms with Crippen LogP contribution in [0, 0.1) is 0 Å². The molecule has 3 aromatic carbocycles. The minimum atomic E-state index is 0.385. The Labute approximate surface area is 188 Å². The molecule has 1 atom stereocenters. The average molecular weight is 444 g/mol. The molecular weight excluding hydrogens is 417 g/mol. The molecule has 0 aliphatic carbocycles. The maximum Gasteiger partial charge on any atom is 0.180 e. The van der Waals surface area contributed by atoms with Crippen molar-refractivity contribution >= 4 is 23.2 Å². The van der Waals surface area contributed by atoms with Crippen molar-refractivity contribution in [3.63, 3.8) is 0 Å². The van der Waals surface area contributed by atoms with E-state index in [4.69, 9.17) is 32.7 Å². The molecule has 0 aromatic heterocycles. The number of nitrogens with one attached hydrogen (secondary N) is 1. The van der Waals surface area contributed by atoms with Crippen LogP contribution in [0.1, 0.15) is 30.0 Å². The molecule has 30 heavy (non-hydrogen) atoms. The highest BCUT2D eigenvalue weighted by Gasteiger charge is 2.13. The lowest BCUT2D eigenvalue weighted by Crippen LogP contribution is -2.26. The van der Waals surface area contributed by atoms with Gasteiger partial charge >= 0.3 is 0 Å². The van der Waals surface area contributed by atoms with Crippen LogP contribution in [0.2, 0.25) is 10.0 Å². The van der Waals surface area contributed by atoms with Gasteiger partial charge in [-0.2, -0.15) is 0 Å². The van der Waals surface area contributed by atoms with Crippen molar-refractivity contribution in [1.82, 2.24) is 5.32 Å². The van der Waals surface area contributed by atoms with E-state index in [0.29, 0.717) is 40.7 Å². The molecule has 1 N–H and O–H groups in total. The standard InChI is InChI=1S/C25H27Cl2NO2/c1-18(8-9-19-6-4-3-5-7-19)28-16-21-14-23(27)25(24(15-21)29-2)30-17-20-10-12-22(26)13-11-20/h3-7,10-15,18,28H,8-9,16-17H2,1-2H3/t18-/m1/s1. The van der Waals surface area contributed by atoms with Gasteiger partial charge in [0.2, 0.25) is 0 Å². The quantitative estimate of drug-likeness (QED) is 0.378. The van der Waals surface area contributed by atoms with Gasteiger partial charge in [0.25, 0.3) is 0 Å². The van der Waals surface area contributed by atoms with E-state index in [1.807, 2.05) is 42.5 Å². The normalized spacial score (nSPS) is 11.9. The first-order valence-electron chi connectivity index (χ1n) is 10.1. The molecule has 3 nitrogen and oxygen atoms in total. The van der Waals surface area contributed by atoms with E-state index in [0.717, 1.165) is 24.0 Å². The van der Waals surface area contributed by atoms with Gasteiger partial charge in [0, 0.05) is 17.6 Å². The summed E-state index contributed by atoms with van der Waals surface area (Å²) in [6.07, 6.45) is 2.12. The summed E-state index contributed by atoms with van der Waals surface area (Å²) < 4.78 is 11.5. The SMILES string of the molecule is COc1cc(CN[C@H](C)CCc2ccccc2)cc(Cl)c1OCc1ccc(Cl)cc1. The van der Waals surface area contributed by atoms with Crippen molar-refractivity contribution in [2.24, 2.45) is 0 Å². The van der Waals surface area contributed by atoms with Crippen LogP contribution in [0.3, 0.4) is 0 Å². The molecule has 0 saturated heterocycles. The molecule has 0 aliphatic heterocycles. The Kier molecular flexibility index (Phi) is 8.44. The lowest BCUT2D eigenvalue weighted by Gasteiger charge is -2.17. The molecule has 0 unspecified atom stereocenters. The zero-order valence-electron chi connectivity index (χ0n) is 17.3. The number of benzene rings is 3. The second-order valence-corrected chi connectivity index (χ2v) is 8.17. The van der Waals surface area contributed by atoms with Gasteiger partial charge < -0.3 is 14.8 Å². The topological polar surface area (TPSA) is 30.5 Å². The Morgan fingerprint density at radius 1 is 0.900 bits per heavy atom. The Bertz CT molecular complexity index is 930. The Balaban J connectivity index is 1.56. The molecule has 158 valence electrons. The van der Waals surface area contributed by atoms with E-state index in [1.165, 1.54) is 5.56 Å². The van der Waals surface area contributed by atoms with E-state index in [2.05, 4.69) is 36.5 Å². The van der Waals surface area contributed by atoms with Crippen molar-refractivity contribution < 1.29 is 9.47 Å². The van der Waals surface area contributed by atoms with Gasteiger partial charge in [-0.15, -0.1) is 0 Å². The number of halogens is 2. The highest BCUT2D eigenvalue weighted by molar-refractivity contribution is 6.32. The van der Waals surface area contributed by atoms with E-state index >= 15 is 0 Å². The van der Waals surface area contributed by atoms with E-state index in [-0.39, 0.29) is 0 Å². The third-order valence-electron chi connectivity index (χ3n) is 4.95. The molecule has 5 heteroatoms. The number of aryl methyl sites for hydroxylation is 1. The smallest absolute Gasteiger partial charge is 0.180 e. The number of methoxy groups -OCH3 is 1. The first kappa shape index (κ1) is 22.5. The summed E-state index contributed by atoms with van der Waals surface area (Å²) in [7, 11) is 1.63. The fourth-order valence-electron chi connectivity index (χ4n) is 3.17. The predicted molar refractivity (Wildman–Crippen MR) is 125 cm³/mol. The van der Waals surface area contributed by atoms with Crippen LogP contribution < -0.4 is 14.8 Å². The Hall–Kier alpha value is -2.20. The number of ether oxygens (including phenoxy) is 2. The van der Waals surface area contributed by atoms with E-state index in [1.54, 1.807) is 7.11 Å². The Morgan fingerprint density at radius 3 is 2.33 bits per heavy atom. The summed E-state index contributed by atoms with van der Waals surface area (Å²) in [4.78, 5) is 0. The molecule has 0 bridgehead atoms. The fourth-order valence-corrected chi connectivity index (χ4v) is 3.59. The van der Waals surface area contributed by atoms with Gasteiger partial charge in [0.1, 0.15) is 6.61 Å². The van der Waals surface area contributed by atoms with Crippen LogP contribution in [-0.2, 0) is 19.6 Å². The van der Waals surface area contributed by atoms with Gasteiger partial charge in [0.05, 0.1) is 12.1 Å². The Morgan fingerprint density at radius 2 is 1.63 bits per heavy atom. The largest absolute Gasteiger partial charge is 0.493 e. The number of hydrogen-bond donors (Lipinski definition) is 1. The van der Waals surface area contributed by atoms with Crippen LogP contribution >= 0.6 is 23.2 Å². The summed E-state index contributed by atoms with van der Waals surface area (Å²) in [6.45, 7) is 3.30. The molecule has 0 aliphatic rings. The van der Waals surface area contributed by atoms with Crippen LogP contribution in [0.25, 0.3) is 0 Å². The second-order valence-electron chi connectivity index (χ2n) is 7.33. The van der Waals surface area contributed by atoms with Gasteiger partial charge in [-0.05, 0) is 60.7 Å². The predicted octanol–water partition coefficient (Wildman–Crippen LogP) is 6.69. The third kappa shape index (κ3) is 6.66. The number of hydrogen-bond acceptors (Lipinski definition) is 3. The van der Waals surface area contributed by atoms with E-state index in [9.17, 15) is 0 Å². The van der Waals surface area contributed by atoms with Crippen LogP contribution in [0.4, 0.5) is 0 Å². The summed E-state index contributed by atoms with van der Waals surface area (Å²) >= 11 is 12.4. The molecule has 0 radical (unpaired) electrons. The monoisotopic (exact) mass is 443 g/mol. The molecular formula is C25H27Cl2NO2. The molecule has 0 spiro atoms. The maximum absolute atomic E-state index is 6.51. The molecule has 0 amide bonds. The van der Waals surface area contributed by atoms with Gasteiger partial charge in [0.15, 0.2) is 11.5 Å². The molecule has 0 saturated carbocycles. The highest BCUT2D eigenvalue weighted by Crippen LogP contribution is 2.37. The molecule has 0 heterocycles.